The second-order valence-corrected chi connectivity index (χ2v) is 8.72. The van der Waals surface area contributed by atoms with Crippen LogP contribution in [0, 0.1) is 6.92 Å². The molecule has 0 aliphatic heterocycles. The predicted molar refractivity (Wildman–Crippen MR) is 111 cm³/mol. The molecule has 0 saturated carbocycles. The van der Waals surface area contributed by atoms with E-state index >= 15 is 0 Å². The fraction of sp³-hybridized carbons (Fsp3) is 0.250. The highest BCUT2D eigenvalue weighted by Gasteiger charge is 2.38. The number of benzene rings is 2. The molecular formula is C24H23Br. The Kier molecular flexibility index (Phi) is 3.88. The van der Waals surface area contributed by atoms with Crippen LogP contribution in [0.3, 0.4) is 0 Å². The van der Waals surface area contributed by atoms with Crippen molar-refractivity contribution >= 4 is 21.5 Å². The van der Waals surface area contributed by atoms with E-state index in [1.165, 1.54) is 44.5 Å². The van der Waals surface area contributed by atoms with Gasteiger partial charge in [-0.05, 0) is 65.3 Å². The van der Waals surface area contributed by atoms with Crippen LogP contribution in [0.5, 0.6) is 0 Å². The molecular weight excluding hydrogens is 368 g/mol. The monoisotopic (exact) mass is 390 g/mol. The number of rotatable bonds is 0. The second kappa shape index (κ2) is 5.85. The largest absolute Gasteiger partial charge is 0.0955 e. The molecule has 2 aromatic carbocycles. The van der Waals surface area contributed by atoms with Crippen LogP contribution < -0.4 is 0 Å². The maximum atomic E-state index is 4.37. The lowest BCUT2D eigenvalue weighted by atomic mass is 9.81. The summed E-state index contributed by atoms with van der Waals surface area (Å²) in [4.78, 5) is 0. The van der Waals surface area contributed by atoms with Crippen molar-refractivity contribution in [3.8, 4) is 0 Å². The van der Waals surface area contributed by atoms with Crippen LogP contribution >= 0.6 is 15.9 Å². The molecule has 2 aliphatic rings. The van der Waals surface area contributed by atoms with E-state index in [1.54, 1.807) is 0 Å². The van der Waals surface area contributed by atoms with Crippen molar-refractivity contribution in [3.63, 3.8) is 0 Å². The molecule has 0 spiro atoms. The minimum Gasteiger partial charge on any atom is -0.0955 e. The molecule has 0 atom stereocenters. The lowest BCUT2D eigenvalue weighted by Crippen LogP contribution is -2.15. The van der Waals surface area contributed by atoms with E-state index in [2.05, 4.69) is 91.8 Å². The summed E-state index contributed by atoms with van der Waals surface area (Å²) < 4.78 is 1.15. The molecule has 0 saturated heterocycles. The summed E-state index contributed by atoms with van der Waals surface area (Å²) in [6.45, 7) is 11.2. The summed E-state index contributed by atoms with van der Waals surface area (Å²) in [5.41, 5.74) is 10.9. The van der Waals surface area contributed by atoms with Crippen LogP contribution in [-0.2, 0) is 18.3 Å². The van der Waals surface area contributed by atoms with E-state index in [-0.39, 0.29) is 5.41 Å². The van der Waals surface area contributed by atoms with Crippen LogP contribution in [0.1, 0.15) is 41.7 Å². The quantitative estimate of drug-likeness (QED) is 0.468. The van der Waals surface area contributed by atoms with Crippen LogP contribution in [0.4, 0.5) is 0 Å². The molecule has 126 valence electrons. The van der Waals surface area contributed by atoms with Crippen molar-refractivity contribution in [1.82, 2.24) is 0 Å². The van der Waals surface area contributed by atoms with Gasteiger partial charge in [0.25, 0.3) is 0 Å². The summed E-state index contributed by atoms with van der Waals surface area (Å²) in [7, 11) is 0. The van der Waals surface area contributed by atoms with E-state index < -0.39 is 0 Å². The number of allylic oxidation sites excluding steroid dienone is 5. The van der Waals surface area contributed by atoms with Gasteiger partial charge in [0.05, 0.1) is 0 Å². The molecule has 0 fully saturated rings. The zero-order chi connectivity index (χ0) is 17.8. The van der Waals surface area contributed by atoms with Gasteiger partial charge in [-0.3, -0.25) is 0 Å². The van der Waals surface area contributed by atoms with Crippen LogP contribution in [0.15, 0.2) is 70.7 Å². The summed E-state index contributed by atoms with van der Waals surface area (Å²) in [6, 6.07) is 13.5. The minimum absolute atomic E-state index is 0.0143. The first-order chi connectivity index (χ1) is 11.9. The predicted octanol–water partition coefficient (Wildman–Crippen LogP) is 6.71. The molecule has 0 N–H and O–H groups in total. The first kappa shape index (κ1) is 16.6. The lowest BCUT2D eigenvalue weighted by Gasteiger charge is -2.22. The normalized spacial score (nSPS) is 22.3. The fourth-order valence-corrected chi connectivity index (χ4v) is 4.61. The van der Waals surface area contributed by atoms with E-state index in [1.807, 2.05) is 0 Å². The summed E-state index contributed by atoms with van der Waals surface area (Å²) in [5.74, 6) is 0. The molecule has 25 heavy (non-hydrogen) atoms. The van der Waals surface area contributed by atoms with Crippen LogP contribution in [0.25, 0.3) is 5.57 Å². The first-order valence-electron chi connectivity index (χ1n) is 8.85. The Morgan fingerprint density at radius 1 is 1.04 bits per heavy atom. The number of fused-ring (bicyclic) bond motifs is 4. The molecule has 1 heteroatoms. The maximum absolute atomic E-state index is 4.37. The van der Waals surface area contributed by atoms with Crippen molar-refractivity contribution in [2.24, 2.45) is 0 Å². The Bertz CT molecular complexity index is 954. The second-order valence-electron chi connectivity index (χ2n) is 7.80. The highest BCUT2D eigenvalue weighted by atomic mass is 79.9. The Balaban J connectivity index is 1.92. The molecule has 0 radical (unpaired) electrons. The van der Waals surface area contributed by atoms with Crippen LogP contribution in [-0.4, -0.2) is 0 Å². The summed E-state index contributed by atoms with van der Waals surface area (Å²) >= 11 is 3.64. The van der Waals surface area contributed by atoms with Gasteiger partial charge in [0.2, 0.25) is 0 Å². The van der Waals surface area contributed by atoms with Gasteiger partial charge in [-0.15, -0.1) is 0 Å². The van der Waals surface area contributed by atoms with Crippen molar-refractivity contribution in [2.45, 2.75) is 39.0 Å². The number of halogens is 1. The first-order valence-corrected chi connectivity index (χ1v) is 9.65. The third kappa shape index (κ3) is 2.75. The molecule has 4 rings (SSSR count). The Labute approximate surface area is 159 Å². The maximum Gasteiger partial charge on any atom is 0.0178 e. The van der Waals surface area contributed by atoms with Gasteiger partial charge < -0.3 is 0 Å². The Morgan fingerprint density at radius 2 is 1.84 bits per heavy atom. The molecule has 0 unspecified atom stereocenters. The molecule has 2 aliphatic carbocycles. The molecule has 2 aromatic rings. The topological polar surface area (TPSA) is 0 Å². The molecule has 0 bridgehead atoms. The zero-order valence-corrected chi connectivity index (χ0v) is 16.7. The van der Waals surface area contributed by atoms with Crippen molar-refractivity contribution in [1.29, 1.82) is 0 Å². The number of hydrogen-bond donors (Lipinski definition) is 0. The van der Waals surface area contributed by atoms with E-state index in [4.69, 9.17) is 0 Å². The highest BCUT2D eigenvalue weighted by molar-refractivity contribution is 9.10. The van der Waals surface area contributed by atoms with Crippen molar-refractivity contribution in [2.75, 3.05) is 0 Å². The van der Waals surface area contributed by atoms with E-state index in [9.17, 15) is 0 Å². The Hall–Kier alpha value is -1.86. The average Bonchev–Trinajstić information content (AvgIpc) is 2.77. The van der Waals surface area contributed by atoms with Crippen LogP contribution in [0.2, 0.25) is 0 Å². The molecule has 0 aromatic heterocycles. The summed E-state index contributed by atoms with van der Waals surface area (Å²) in [6.07, 6.45) is 6.65. The van der Waals surface area contributed by atoms with E-state index in [0.29, 0.717) is 0 Å². The van der Waals surface area contributed by atoms with Gasteiger partial charge in [-0.2, -0.15) is 0 Å². The van der Waals surface area contributed by atoms with Gasteiger partial charge in [-0.25, -0.2) is 0 Å². The van der Waals surface area contributed by atoms with Gasteiger partial charge in [0.15, 0.2) is 0 Å². The smallest absolute Gasteiger partial charge is 0.0178 e. The SMILES string of the molecule is C=C1/C=C2\C(=C/Cc3ccc(C)cc3C1)C(C)(C)c1cc(Br)ccc12. The molecule has 0 amide bonds. The van der Waals surface area contributed by atoms with Crippen molar-refractivity contribution in [3.05, 3.63) is 98.6 Å². The number of aryl methyl sites for hydroxylation is 1. The minimum atomic E-state index is 0.0143. The highest BCUT2D eigenvalue weighted by Crippen LogP contribution is 2.51. The zero-order valence-electron chi connectivity index (χ0n) is 15.1. The van der Waals surface area contributed by atoms with Gasteiger partial charge >= 0.3 is 0 Å². The van der Waals surface area contributed by atoms with Gasteiger partial charge in [0.1, 0.15) is 0 Å². The Morgan fingerprint density at radius 3 is 2.64 bits per heavy atom. The molecule has 0 nitrogen and oxygen atoms in total. The molecule has 0 heterocycles. The third-order valence-electron chi connectivity index (χ3n) is 5.56. The van der Waals surface area contributed by atoms with Gasteiger partial charge in [-0.1, -0.05) is 83.9 Å². The standard InChI is InChI=1S/C24H23Br/c1-15-5-6-17-7-10-22-21(13-16(2)12-18(17)11-15)20-9-8-19(25)14-23(20)24(22,3)4/h5-6,8-11,13-14H,2,7,12H2,1,3-4H3/b21-13-,22-10+. The lowest BCUT2D eigenvalue weighted by molar-refractivity contribution is 0.657. The van der Waals surface area contributed by atoms with Gasteiger partial charge in [0, 0.05) is 9.89 Å². The summed E-state index contributed by atoms with van der Waals surface area (Å²) in [5, 5.41) is 0. The average molecular weight is 391 g/mol. The number of hydrogen-bond acceptors (Lipinski definition) is 0. The fourth-order valence-electron chi connectivity index (χ4n) is 4.25. The van der Waals surface area contributed by atoms with Crippen molar-refractivity contribution < 1.29 is 0 Å². The van der Waals surface area contributed by atoms with E-state index in [0.717, 1.165) is 17.3 Å². The third-order valence-corrected chi connectivity index (χ3v) is 6.06.